The summed E-state index contributed by atoms with van der Waals surface area (Å²) in [4.78, 5) is 17.3. The predicted molar refractivity (Wildman–Crippen MR) is 84.3 cm³/mol. The summed E-state index contributed by atoms with van der Waals surface area (Å²) in [6.45, 7) is 5.26. The van der Waals surface area contributed by atoms with E-state index in [0.717, 1.165) is 32.5 Å². The van der Waals surface area contributed by atoms with Gasteiger partial charge in [-0.05, 0) is 72.8 Å². The zero-order valence-corrected chi connectivity index (χ0v) is 14.0. The van der Waals surface area contributed by atoms with Crippen molar-refractivity contribution in [1.29, 1.82) is 0 Å². The molecule has 1 atom stereocenters. The van der Waals surface area contributed by atoms with Crippen LogP contribution in [0.3, 0.4) is 0 Å². The Hall–Kier alpha value is -0.650. The quantitative estimate of drug-likeness (QED) is 0.709. The zero-order chi connectivity index (χ0) is 15.5. The molecule has 1 N–H and O–H groups in total. The van der Waals surface area contributed by atoms with Crippen LogP contribution in [-0.4, -0.2) is 74.7 Å². The lowest BCUT2D eigenvalue weighted by atomic mass is 9.91. The number of likely N-dealkylation sites (tertiary alicyclic amines) is 1. The minimum absolute atomic E-state index is 0.0651. The van der Waals surface area contributed by atoms with E-state index >= 15 is 0 Å². The van der Waals surface area contributed by atoms with Crippen LogP contribution in [0.15, 0.2) is 0 Å². The molecular formula is C16H31N3O2. The van der Waals surface area contributed by atoms with Gasteiger partial charge in [-0.2, -0.15) is 0 Å². The maximum absolute atomic E-state index is 12.5. The third-order valence-electron chi connectivity index (χ3n) is 5.12. The molecule has 1 saturated heterocycles. The molecule has 0 amide bonds. The van der Waals surface area contributed by atoms with Gasteiger partial charge in [-0.15, -0.1) is 0 Å². The standard InChI is InChI=1S/C16H31N3O2/c1-5-21-15(20)16(17-2,13-6-7-13)12-19-10-8-14(9-11-19)18(3)4/h13-14,17H,5-12H2,1-4H3. The van der Waals surface area contributed by atoms with Crippen LogP contribution in [0.5, 0.6) is 0 Å². The molecule has 1 unspecified atom stereocenters. The molecular weight excluding hydrogens is 266 g/mol. The predicted octanol–water partition coefficient (Wildman–Crippen LogP) is 0.944. The highest BCUT2D eigenvalue weighted by Gasteiger charge is 2.52. The van der Waals surface area contributed by atoms with Crippen molar-refractivity contribution in [3.8, 4) is 0 Å². The Balaban J connectivity index is 1.98. The van der Waals surface area contributed by atoms with E-state index in [9.17, 15) is 4.79 Å². The molecule has 0 spiro atoms. The summed E-state index contributed by atoms with van der Waals surface area (Å²) >= 11 is 0. The third-order valence-corrected chi connectivity index (χ3v) is 5.12. The monoisotopic (exact) mass is 297 g/mol. The van der Waals surface area contributed by atoms with Crippen LogP contribution in [0, 0.1) is 5.92 Å². The van der Waals surface area contributed by atoms with E-state index < -0.39 is 5.54 Å². The highest BCUT2D eigenvalue weighted by molar-refractivity contribution is 5.82. The summed E-state index contributed by atoms with van der Waals surface area (Å²) in [7, 11) is 6.21. The first-order valence-corrected chi connectivity index (χ1v) is 8.28. The Morgan fingerprint density at radius 3 is 2.33 bits per heavy atom. The van der Waals surface area contributed by atoms with Crippen molar-refractivity contribution in [1.82, 2.24) is 15.1 Å². The molecule has 1 aliphatic carbocycles. The van der Waals surface area contributed by atoms with Crippen molar-refractivity contribution in [2.75, 3.05) is 47.4 Å². The number of hydrogen-bond donors (Lipinski definition) is 1. The molecule has 0 aromatic carbocycles. The molecule has 1 heterocycles. The molecule has 0 aromatic heterocycles. The first-order chi connectivity index (χ1) is 10.0. The number of nitrogens with zero attached hydrogens (tertiary/aromatic N) is 2. The average molecular weight is 297 g/mol. The van der Waals surface area contributed by atoms with Gasteiger partial charge in [0.1, 0.15) is 5.54 Å². The fraction of sp³-hybridized carbons (Fsp3) is 0.938. The van der Waals surface area contributed by atoms with Gasteiger partial charge in [0.05, 0.1) is 6.61 Å². The van der Waals surface area contributed by atoms with Crippen LogP contribution in [0.25, 0.3) is 0 Å². The van der Waals surface area contributed by atoms with Crippen LogP contribution in [0.4, 0.5) is 0 Å². The van der Waals surface area contributed by atoms with Crippen LogP contribution < -0.4 is 5.32 Å². The second-order valence-electron chi connectivity index (χ2n) is 6.69. The summed E-state index contributed by atoms with van der Waals surface area (Å²) in [6.07, 6.45) is 4.63. The summed E-state index contributed by atoms with van der Waals surface area (Å²) in [5, 5.41) is 3.32. The van der Waals surface area contributed by atoms with Gasteiger partial charge < -0.3 is 19.9 Å². The molecule has 0 bridgehead atoms. The molecule has 2 rings (SSSR count). The second-order valence-corrected chi connectivity index (χ2v) is 6.69. The molecule has 21 heavy (non-hydrogen) atoms. The number of piperidine rings is 1. The average Bonchev–Trinajstić information content (AvgIpc) is 3.30. The third kappa shape index (κ3) is 3.76. The minimum Gasteiger partial charge on any atom is -0.465 e. The summed E-state index contributed by atoms with van der Waals surface area (Å²) < 4.78 is 5.36. The lowest BCUT2D eigenvalue weighted by Crippen LogP contribution is -2.61. The van der Waals surface area contributed by atoms with E-state index in [1.54, 1.807) is 0 Å². The minimum atomic E-state index is -0.499. The number of likely N-dealkylation sites (N-methyl/N-ethyl adjacent to an activating group) is 1. The molecule has 2 aliphatic rings. The normalized spacial score (nSPS) is 24.0. The smallest absolute Gasteiger partial charge is 0.327 e. The number of carbonyl (C=O) groups excluding carboxylic acids is 1. The summed E-state index contributed by atoms with van der Waals surface area (Å²) in [5.41, 5.74) is -0.499. The first-order valence-electron chi connectivity index (χ1n) is 8.28. The van der Waals surface area contributed by atoms with Gasteiger partial charge in [0.2, 0.25) is 0 Å². The van der Waals surface area contributed by atoms with E-state index in [1.165, 1.54) is 12.8 Å². The van der Waals surface area contributed by atoms with Gasteiger partial charge >= 0.3 is 5.97 Å². The molecule has 1 aliphatic heterocycles. The fourth-order valence-electron chi connectivity index (χ4n) is 3.53. The molecule has 0 aromatic rings. The van der Waals surface area contributed by atoms with Gasteiger partial charge in [0, 0.05) is 12.6 Å². The van der Waals surface area contributed by atoms with E-state index in [2.05, 4.69) is 29.2 Å². The van der Waals surface area contributed by atoms with Crippen LogP contribution in [-0.2, 0) is 9.53 Å². The van der Waals surface area contributed by atoms with Gasteiger partial charge in [-0.1, -0.05) is 0 Å². The van der Waals surface area contributed by atoms with Gasteiger partial charge in [0.25, 0.3) is 0 Å². The van der Waals surface area contributed by atoms with Crippen LogP contribution in [0.2, 0.25) is 0 Å². The Kier molecular flexibility index (Phi) is 5.63. The maximum atomic E-state index is 12.5. The molecule has 5 nitrogen and oxygen atoms in total. The summed E-state index contributed by atoms with van der Waals surface area (Å²) in [6, 6.07) is 0.675. The zero-order valence-electron chi connectivity index (χ0n) is 14.0. The van der Waals surface area contributed by atoms with E-state index in [1.807, 2.05) is 14.0 Å². The maximum Gasteiger partial charge on any atom is 0.327 e. The Bertz CT molecular complexity index is 349. The number of nitrogens with one attached hydrogen (secondary N) is 1. The molecule has 5 heteroatoms. The van der Waals surface area contributed by atoms with Crippen molar-refractivity contribution < 1.29 is 9.53 Å². The van der Waals surface area contributed by atoms with Crippen molar-refractivity contribution in [2.24, 2.45) is 5.92 Å². The van der Waals surface area contributed by atoms with Crippen molar-refractivity contribution in [3.05, 3.63) is 0 Å². The number of carbonyl (C=O) groups is 1. The van der Waals surface area contributed by atoms with Crippen LogP contribution in [0.1, 0.15) is 32.6 Å². The van der Waals surface area contributed by atoms with Crippen LogP contribution >= 0.6 is 0 Å². The van der Waals surface area contributed by atoms with Crippen molar-refractivity contribution >= 4 is 5.97 Å². The van der Waals surface area contributed by atoms with Crippen molar-refractivity contribution in [2.45, 2.75) is 44.2 Å². The number of esters is 1. The first kappa shape index (κ1) is 16.7. The lowest BCUT2D eigenvalue weighted by molar-refractivity contribution is -0.153. The SMILES string of the molecule is CCOC(=O)C(CN1CCC(N(C)C)CC1)(NC)C1CC1. The van der Waals surface area contributed by atoms with Crippen molar-refractivity contribution in [3.63, 3.8) is 0 Å². The number of ether oxygens (including phenoxy) is 1. The largest absolute Gasteiger partial charge is 0.465 e. The van der Waals surface area contributed by atoms with Gasteiger partial charge in [-0.25, -0.2) is 4.79 Å². The highest BCUT2D eigenvalue weighted by atomic mass is 16.5. The lowest BCUT2D eigenvalue weighted by Gasteiger charge is -2.40. The topological polar surface area (TPSA) is 44.8 Å². The fourth-order valence-corrected chi connectivity index (χ4v) is 3.53. The summed E-state index contributed by atoms with van der Waals surface area (Å²) in [5.74, 6) is 0.373. The molecule has 2 fully saturated rings. The number of rotatable bonds is 7. The Labute approximate surface area is 129 Å². The number of hydrogen-bond acceptors (Lipinski definition) is 5. The second kappa shape index (κ2) is 7.07. The van der Waals surface area contributed by atoms with Gasteiger partial charge in [-0.3, -0.25) is 0 Å². The van der Waals surface area contributed by atoms with Gasteiger partial charge in [0.15, 0.2) is 0 Å². The molecule has 1 saturated carbocycles. The Morgan fingerprint density at radius 2 is 1.90 bits per heavy atom. The van der Waals surface area contributed by atoms with E-state index in [0.29, 0.717) is 18.6 Å². The highest BCUT2D eigenvalue weighted by Crippen LogP contribution is 2.41. The van der Waals surface area contributed by atoms with E-state index in [-0.39, 0.29) is 5.97 Å². The van der Waals surface area contributed by atoms with E-state index in [4.69, 9.17) is 4.74 Å². The Morgan fingerprint density at radius 1 is 1.29 bits per heavy atom. The molecule has 122 valence electrons. The molecule has 0 radical (unpaired) electrons.